The molecule has 0 heterocycles. The monoisotopic (exact) mass is 493 g/mol. The molecule has 1 amide bonds. The zero-order valence-corrected chi connectivity index (χ0v) is 21.5. The smallest absolute Gasteiger partial charge is 0.312 e. The molecule has 190 valence electrons. The summed E-state index contributed by atoms with van der Waals surface area (Å²) in [6.45, 7) is 1.87. The third kappa shape index (κ3) is 4.58. The van der Waals surface area contributed by atoms with Crippen LogP contribution in [0.3, 0.4) is 0 Å². The van der Waals surface area contributed by atoms with Gasteiger partial charge >= 0.3 is 5.97 Å². The summed E-state index contributed by atoms with van der Waals surface area (Å²) in [5, 5.41) is 3.10. The third-order valence-electron chi connectivity index (χ3n) is 9.06. The Hall–Kier alpha value is -3.40. The molecule has 4 aliphatic carbocycles. The Morgan fingerprint density at radius 3 is 1.97 bits per heavy atom. The van der Waals surface area contributed by atoms with Crippen molar-refractivity contribution < 1.29 is 14.3 Å². The summed E-state index contributed by atoms with van der Waals surface area (Å²) in [7, 11) is 0. The minimum atomic E-state index is -0.465. The van der Waals surface area contributed by atoms with Crippen molar-refractivity contribution in [2.75, 3.05) is 6.61 Å². The molecule has 4 heteroatoms. The first-order chi connectivity index (χ1) is 17.9. The molecule has 0 aromatic heterocycles. The van der Waals surface area contributed by atoms with Crippen LogP contribution >= 0.6 is 0 Å². The Bertz CT molecular complexity index is 1210. The average molecular weight is 494 g/mol. The highest BCUT2D eigenvalue weighted by molar-refractivity contribution is 5.84. The molecule has 0 aliphatic heterocycles. The van der Waals surface area contributed by atoms with Gasteiger partial charge in [0, 0.05) is 0 Å². The van der Waals surface area contributed by atoms with Gasteiger partial charge in [-0.3, -0.25) is 9.59 Å². The molecule has 37 heavy (non-hydrogen) atoms. The zero-order chi connectivity index (χ0) is 25.5. The van der Waals surface area contributed by atoms with Crippen molar-refractivity contribution >= 4 is 11.9 Å². The lowest BCUT2D eigenvalue weighted by Gasteiger charge is -2.61. The number of carbonyl (C=O) groups excluding carboxylic acids is 2. The number of carbonyl (C=O) groups is 2. The number of ether oxygens (including phenoxy) is 1. The van der Waals surface area contributed by atoms with Gasteiger partial charge in [0.2, 0.25) is 0 Å². The first-order valence-electron chi connectivity index (χ1n) is 13.6. The van der Waals surface area contributed by atoms with Gasteiger partial charge in [0.25, 0.3) is 5.91 Å². The van der Waals surface area contributed by atoms with Crippen LogP contribution in [0.25, 0.3) is 0 Å². The summed E-state index contributed by atoms with van der Waals surface area (Å²) in [4.78, 5) is 26.7. The topological polar surface area (TPSA) is 55.4 Å². The van der Waals surface area contributed by atoms with Crippen LogP contribution < -0.4 is 5.32 Å². The van der Waals surface area contributed by atoms with Crippen LogP contribution in [0.4, 0.5) is 0 Å². The van der Waals surface area contributed by atoms with Crippen molar-refractivity contribution in [3.05, 3.63) is 107 Å². The van der Waals surface area contributed by atoms with Gasteiger partial charge in [0.15, 0.2) is 6.61 Å². The molecule has 0 saturated heterocycles. The van der Waals surface area contributed by atoms with Crippen LogP contribution in [0.15, 0.2) is 84.9 Å². The van der Waals surface area contributed by atoms with Crippen LogP contribution in [0.1, 0.15) is 66.8 Å². The highest BCUT2D eigenvalue weighted by Crippen LogP contribution is 2.66. The molecule has 0 radical (unpaired) electrons. The summed E-state index contributed by atoms with van der Waals surface area (Å²) in [6.07, 6.45) is 6.18. The Morgan fingerprint density at radius 1 is 0.838 bits per heavy atom. The Kier molecular flexibility index (Phi) is 6.14. The molecule has 4 nitrogen and oxygen atoms in total. The van der Waals surface area contributed by atoms with Crippen LogP contribution in [-0.2, 0) is 19.7 Å². The minimum absolute atomic E-state index is 0.0603. The van der Waals surface area contributed by atoms with Crippen LogP contribution in [0, 0.1) is 24.2 Å². The molecule has 7 rings (SSSR count). The van der Waals surface area contributed by atoms with Crippen molar-refractivity contribution in [3.8, 4) is 0 Å². The van der Waals surface area contributed by atoms with E-state index in [2.05, 4.69) is 36.5 Å². The predicted octanol–water partition coefficient (Wildman–Crippen LogP) is 6.28. The van der Waals surface area contributed by atoms with Gasteiger partial charge in [0.05, 0.1) is 11.5 Å². The highest BCUT2D eigenvalue weighted by Gasteiger charge is 2.61. The van der Waals surface area contributed by atoms with E-state index < -0.39 is 5.41 Å². The Morgan fingerprint density at radius 2 is 1.41 bits per heavy atom. The average Bonchev–Trinajstić information content (AvgIpc) is 2.91. The van der Waals surface area contributed by atoms with Gasteiger partial charge in [-0.2, -0.15) is 0 Å². The molecule has 4 fully saturated rings. The standard InChI is InChI=1S/C33H35NO3/c1-23-12-14-28(15-13-23)32-17-24-16-25(18-32)20-33(19-24,22-32)31(36)37-21-29(35)34-30(26-8-4-2-5-9-26)27-10-6-3-7-11-27/h2-15,24-25,30H,16-22H2,1H3,(H,34,35)/t24-,25-,32?,33?/m1/s1. The van der Waals surface area contributed by atoms with Crippen molar-refractivity contribution in [1.29, 1.82) is 0 Å². The van der Waals surface area contributed by atoms with Crippen molar-refractivity contribution in [1.82, 2.24) is 5.32 Å². The molecule has 3 aromatic carbocycles. The number of nitrogens with one attached hydrogen (secondary N) is 1. The lowest BCUT2D eigenvalue weighted by Crippen LogP contribution is -2.57. The lowest BCUT2D eigenvalue weighted by atomic mass is 9.43. The molecular weight excluding hydrogens is 458 g/mol. The number of rotatable bonds is 7. The highest BCUT2D eigenvalue weighted by atomic mass is 16.5. The number of hydrogen-bond donors (Lipinski definition) is 1. The van der Waals surface area contributed by atoms with E-state index in [4.69, 9.17) is 4.74 Å². The molecule has 2 atom stereocenters. The number of hydrogen-bond acceptors (Lipinski definition) is 3. The second-order valence-corrected chi connectivity index (χ2v) is 11.8. The number of aryl methyl sites for hydroxylation is 1. The quantitative estimate of drug-likeness (QED) is 0.394. The summed E-state index contributed by atoms with van der Waals surface area (Å²) >= 11 is 0. The summed E-state index contributed by atoms with van der Waals surface area (Å²) in [5.41, 5.74) is 4.22. The molecule has 4 aliphatic rings. The molecule has 0 unspecified atom stereocenters. The maximum absolute atomic E-state index is 13.7. The van der Waals surface area contributed by atoms with E-state index in [1.54, 1.807) is 0 Å². The van der Waals surface area contributed by atoms with Crippen LogP contribution in [-0.4, -0.2) is 18.5 Å². The molecule has 3 aromatic rings. The molecule has 4 saturated carbocycles. The SMILES string of the molecule is Cc1ccc(C23C[C@H]4C[C@@H](CC(C(=O)OCC(=O)NC(c5ccccc5)c5ccccc5)(C4)C2)C3)cc1. The van der Waals surface area contributed by atoms with Gasteiger partial charge in [-0.1, -0.05) is 90.5 Å². The summed E-state index contributed by atoms with van der Waals surface area (Å²) in [5.74, 6) is 0.669. The lowest BCUT2D eigenvalue weighted by molar-refractivity contribution is -0.175. The maximum atomic E-state index is 13.7. The van der Waals surface area contributed by atoms with E-state index in [-0.39, 0.29) is 29.9 Å². The normalized spacial score (nSPS) is 27.7. The van der Waals surface area contributed by atoms with Crippen molar-refractivity contribution in [2.24, 2.45) is 17.3 Å². The number of esters is 1. The van der Waals surface area contributed by atoms with Gasteiger partial charge in [-0.15, -0.1) is 0 Å². The van der Waals surface area contributed by atoms with E-state index >= 15 is 0 Å². The van der Waals surface area contributed by atoms with Gasteiger partial charge in [-0.25, -0.2) is 0 Å². The first kappa shape index (κ1) is 24.0. The third-order valence-corrected chi connectivity index (χ3v) is 9.06. The van der Waals surface area contributed by atoms with E-state index in [1.807, 2.05) is 60.7 Å². The van der Waals surface area contributed by atoms with Crippen LogP contribution in [0.2, 0.25) is 0 Å². The Balaban J connectivity index is 1.16. The number of amides is 1. The first-order valence-corrected chi connectivity index (χ1v) is 13.6. The van der Waals surface area contributed by atoms with Crippen molar-refractivity contribution in [3.63, 3.8) is 0 Å². The van der Waals surface area contributed by atoms with Gasteiger partial charge in [0.1, 0.15) is 0 Å². The fourth-order valence-electron chi connectivity index (χ4n) is 7.88. The summed E-state index contributed by atoms with van der Waals surface area (Å²) < 4.78 is 5.81. The van der Waals surface area contributed by atoms with Crippen LogP contribution in [0.5, 0.6) is 0 Å². The van der Waals surface area contributed by atoms with Crippen molar-refractivity contribution in [2.45, 2.75) is 56.9 Å². The van der Waals surface area contributed by atoms with E-state index in [0.29, 0.717) is 11.8 Å². The maximum Gasteiger partial charge on any atom is 0.312 e. The molecule has 1 N–H and O–H groups in total. The molecule has 0 spiro atoms. The fraction of sp³-hybridized carbons (Fsp3) is 0.394. The Labute approximate surface area is 219 Å². The second-order valence-electron chi connectivity index (χ2n) is 11.8. The summed E-state index contributed by atoms with van der Waals surface area (Å²) in [6, 6.07) is 28.4. The fourth-order valence-corrected chi connectivity index (χ4v) is 7.88. The largest absolute Gasteiger partial charge is 0.455 e. The van der Waals surface area contributed by atoms with E-state index in [0.717, 1.165) is 43.2 Å². The predicted molar refractivity (Wildman–Crippen MR) is 144 cm³/mol. The number of benzene rings is 3. The second kappa shape index (κ2) is 9.48. The van der Waals surface area contributed by atoms with E-state index in [1.165, 1.54) is 17.5 Å². The molecular formula is C33H35NO3. The zero-order valence-electron chi connectivity index (χ0n) is 21.5. The van der Waals surface area contributed by atoms with Gasteiger partial charge in [-0.05, 0) is 79.4 Å². The van der Waals surface area contributed by atoms with Gasteiger partial charge < -0.3 is 10.1 Å². The molecule has 4 bridgehead atoms. The van der Waals surface area contributed by atoms with E-state index in [9.17, 15) is 9.59 Å². The minimum Gasteiger partial charge on any atom is -0.455 e.